The molecule has 0 saturated carbocycles. The Morgan fingerprint density at radius 3 is 2.44 bits per heavy atom. The van der Waals surface area contributed by atoms with Crippen LogP contribution < -0.4 is 9.47 Å². The van der Waals surface area contributed by atoms with Crippen molar-refractivity contribution in [2.24, 2.45) is 0 Å². The highest BCUT2D eigenvalue weighted by atomic mass is 16.5. The molecule has 25 heavy (non-hydrogen) atoms. The van der Waals surface area contributed by atoms with Crippen molar-refractivity contribution >= 4 is 5.91 Å². The van der Waals surface area contributed by atoms with E-state index in [1.165, 1.54) is 29.5 Å². The summed E-state index contributed by atoms with van der Waals surface area (Å²) < 4.78 is 12.0. The highest BCUT2D eigenvalue weighted by Gasteiger charge is 2.19. The molecule has 0 N–H and O–H groups in total. The molecule has 2 aromatic rings. The maximum Gasteiger partial charge on any atom is 0.278 e. The summed E-state index contributed by atoms with van der Waals surface area (Å²) in [5.74, 6) is 0.986. The van der Waals surface area contributed by atoms with Crippen LogP contribution in [0, 0.1) is 13.8 Å². The number of aromatic nitrogens is 2. The first-order valence-electron chi connectivity index (χ1n) is 8.85. The Bertz CT molecular complexity index is 735. The number of aryl methyl sites for hydroxylation is 1. The molecule has 0 aliphatic rings. The van der Waals surface area contributed by atoms with Gasteiger partial charge in [0.2, 0.25) is 0 Å². The molecule has 5 nitrogen and oxygen atoms in total. The van der Waals surface area contributed by atoms with Gasteiger partial charge in [-0.25, -0.2) is 4.68 Å². The Kier molecular flexibility index (Phi) is 6.62. The maximum absolute atomic E-state index is 12.9. The van der Waals surface area contributed by atoms with E-state index in [-0.39, 0.29) is 5.91 Å². The summed E-state index contributed by atoms with van der Waals surface area (Å²) in [5.41, 5.74) is 3.57. The number of benzene rings is 1. The summed E-state index contributed by atoms with van der Waals surface area (Å²) in [4.78, 5) is 12.9. The molecular formula is C20H28N2O3. The fourth-order valence-corrected chi connectivity index (χ4v) is 3.05. The van der Waals surface area contributed by atoms with Gasteiger partial charge in [-0.05, 0) is 50.5 Å². The van der Waals surface area contributed by atoms with E-state index < -0.39 is 0 Å². The Morgan fingerprint density at radius 2 is 1.80 bits per heavy atom. The quantitative estimate of drug-likeness (QED) is 0.669. The average Bonchev–Trinajstić information content (AvgIpc) is 2.91. The number of hydrogen-bond acceptors (Lipinski definition) is 4. The van der Waals surface area contributed by atoms with Crippen LogP contribution in [-0.2, 0) is 6.42 Å². The molecule has 1 heterocycles. The monoisotopic (exact) mass is 344 g/mol. The molecule has 0 radical (unpaired) electrons. The number of methoxy groups -OCH3 is 2. The predicted octanol–water partition coefficient (Wildman–Crippen LogP) is 4.33. The third-order valence-electron chi connectivity index (χ3n) is 4.54. The summed E-state index contributed by atoms with van der Waals surface area (Å²) in [5, 5.41) is 4.48. The number of carbonyl (C=O) groups is 1. The Morgan fingerprint density at radius 1 is 1.08 bits per heavy atom. The van der Waals surface area contributed by atoms with Crippen LogP contribution in [0.4, 0.5) is 0 Å². The van der Waals surface area contributed by atoms with Gasteiger partial charge >= 0.3 is 0 Å². The minimum absolute atomic E-state index is 0.152. The lowest BCUT2D eigenvalue weighted by molar-refractivity contribution is 0.0942. The summed E-state index contributed by atoms with van der Waals surface area (Å²) in [7, 11) is 3.13. The van der Waals surface area contributed by atoms with Crippen LogP contribution in [0.3, 0.4) is 0 Å². The largest absolute Gasteiger partial charge is 0.493 e. The molecule has 136 valence electrons. The second-order valence-electron chi connectivity index (χ2n) is 6.25. The van der Waals surface area contributed by atoms with Crippen LogP contribution >= 0.6 is 0 Å². The van der Waals surface area contributed by atoms with Crippen molar-refractivity contribution in [3.8, 4) is 11.5 Å². The SMILES string of the molecule is CCCCCCc1c(C)nn(C(=O)c2ccc(OC)c(OC)c2)c1C. The van der Waals surface area contributed by atoms with Crippen molar-refractivity contribution < 1.29 is 14.3 Å². The lowest BCUT2D eigenvalue weighted by atomic mass is 10.0. The van der Waals surface area contributed by atoms with Gasteiger partial charge < -0.3 is 9.47 Å². The van der Waals surface area contributed by atoms with Gasteiger partial charge in [-0.1, -0.05) is 26.2 Å². The van der Waals surface area contributed by atoms with Crippen LogP contribution in [0.15, 0.2) is 18.2 Å². The first-order chi connectivity index (χ1) is 12.0. The molecule has 0 aliphatic heterocycles. The number of hydrogen-bond donors (Lipinski definition) is 0. The summed E-state index contributed by atoms with van der Waals surface area (Å²) in [6, 6.07) is 5.17. The van der Waals surface area contributed by atoms with E-state index in [0.29, 0.717) is 17.1 Å². The zero-order valence-corrected chi connectivity index (χ0v) is 15.9. The van der Waals surface area contributed by atoms with E-state index in [2.05, 4.69) is 12.0 Å². The lowest BCUT2D eigenvalue weighted by Gasteiger charge is -2.10. The number of rotatable bonds is 8. The zero-order valence-electron chi connectivity index (χ0n) is 15.9. The minimum Gasteiger partial charge on any atom is -0.493 e. The van der Waals surface area contributed by atoms with Crippen LogP contribution in [-0.4, -0.2) is 29.9 Å². The number of nitrogens with zero attached hydrogens (tertiary/aromatic N) is 2. The van der Waals surface area contributed by atoms with E-state index in [1.807, 2.05) is 13.8 Å². The van der Waals surface area contributed by atoms with Gasteiger partial charge in [0.05, 0.1) is 19.9 Å². The van der Waals surface area contributed by atoms with E-state index in [0.717, 1.165) is 24.2 Å². The predicted molar refractivity (Wildman–Crippen MR) is 98.8 cm³/mol. The molecule has 0 spiro atoms. The Labute approximate surface area is 149 Å². The van der Waals surface area contributed by atoms with Gasteiger partial charge in [0, 0.05) is 11.3 Å². The van der Waals surface area contributed by atoms with Gasteiger partial charge in [0.15, 0.2) is 11.5 Å². The average molecular weight is 344 g/mol. The van der Waals surface area contributed by atoms with Crippen LogP contribution in [0.2, 0.25) is 0 Å². The van der Waals surface area contributed by atoms with Gasteiger partial charge in [0.25, 0.3) is 5.91 Å². The molecule has 0 unspecified atom stereocenters. The molecule has 2 rings (SSSR count). The lowest BCUT2D eigenvalue weighted by Crippen LogP contribution is -2.15. The van der Waals surface area contributed by atoms with Crippen molar-refractivity contribution in [3.05, 3.63) is 40.7 Å². The fraction of sp³-hybridized carbons (Fsp3) is 0.500. The smallest absolute Gasteiger partial charge is 0.278 e. The van der Waals surface area contributed by atoms with Crippen LogP contribution in [0.25, 0.3) is 0 Å². The van der Waals surface area contributed by atoms with Crippen molar-refractivity contribution in [2.45, 2.75) is 52.9 Å². The minimum atomic E-state index is -0.152. The van der Waals surface area contributed by atoms with Gasteiger partial charge in [-0.3, -0.25) is 4.79 Å². The second kappa shape index (κ2) is 8.70. The molecule has 0 bridgehead atoms. The van der Waals surface area contributed by atoms with E-state index in [9.17, 15) is 4.79 Å². The van der Waals surface area contributed by atoms with E-state index >= 15 is 0 Å². The molecular weight excluding hydrogens is 316 g/mol. The third kappa shape index (κ3) is 4.21. The molecule has 0 aliphatic carbocycles. The third-order valence-corrected chi connectivity index (χ3v) is 4.54. The number of unbranched alkanes of at least 4 members (excludes halogenated alkanes) is 3. The van der Waals surface area contributed by atoms with Crippen LogP contribution in [0.5, 0.6) is 11.5 Å². The van der Waals surface area contributed by atoms with Crippen molar-refractivity contribution in [3.63, 3.8) is 0 Å². The molecule has 5 heteroatoms. The standard InChI is InChI=1S/C20H28N2O3/c1-6-7-8-9-10-17-14(2)21-22(15(17)3)20(23)16-11-12-18(24-4)19(13-16)25-5/h11-13H,6-10H2,1-5H3. The molecule has 0 atom stereocenters. The number of ether oxygens (including phenoxy) is 2. The first-order valence-corrected chi connectivity index (χ1v) is 8.85. The molecule has 0 saturated heterocycles. The van der Waals surface area contributed by atoms with Crippen molar-refractivity contribution in [1.82, 2.24) is 9.78 Å². The maximum atomic E-state index is 12.9. The zero-order chi connectivity index (χ0) is 18.4. The summed E-state index contributed by atoms with van der Waals surface area (Å²) in [6.07, 6.45) is 5.78. The molecule has 0 amide bonds. The van der Waals surface area contributed by atoms with Gasteiger partial charge in [-0.15, -0.1) is 0 Å². The Hall–Kier alpha value is -2.30. The molecule has 1 aromatic heterocycles. The van der Waals surface area contributed by atoms with Crippen LogP contribution in [0.1, 0.15) is 59.9 Å². The van der Waals surface area contributed by atoms with E-state index in [1.54, 1.807) is 32.4 Å². The van der Waals surface area contributed by atoms with E-state index in [4.69, 9.17) is 9.47 Å². The normalized spacial score (nSPS) is 10.8. The van der Waals surface area contributed by atoms with Crippen molar-refractivity contribution in [1.29, 1.82) is 0 Å². The summed E-state index contributed by atoms with van der Waals surface area (Å²) >= 11 is 0. The highest BCUT2D eigenvalue weighted by Crippen LogP contribution is 2.28. The first kappa shape index (κ1) is 19.0. The topological polar surface area (TPSA) is 53.4 Å². The second-order valence-corrected chi connectivity index (χ2v) is 6.25. The fourth-order valence-electron chi connectivity index (χ4n) is 3.05. The molecule has 1 aromatic carbocycles. The van der Waals surface area contributed by atoms with Gasteiger partial charge in [-0.2, -0.15) is 5.10 Å². The van der Waals surface area contributed by atoms with Crippen molar-refractivity contribution in [2.75, 3.05) is 14.2 Å². The highest BCUT2D eigenvalue weighted by molar-refractivity contribution is 5.96. The van der Waals surface area contributed by atoms with Gasteiger partial charge in [0.1, 0.15) is 0 Å². The molecule has 0 fully saturated rings. The Balaban J connectivity index is 2.25. The number of carbonyl (C=O) groups excluding carboxylic acids is 1. The summed E-state index contributed by atoms with van der Waals surface area (Å²) in [6.45, 7) is 6.14.